The number of halogens is 2. The highest BCUT2D eigenvalue weighted by Crippen LogP contribution is 2.27. The Balaban J connectivity index is 2.17. The number of rotatable bonds is 4. The fraction of sp³-hybridized carbons (Fsp3) is 0.200. The van der Waals surface area contributed by atoms with Gasteiger partial charge in [-0.25, -0.2) is 4.39 Å². The molecule has 2 aromatic rings. The monoisotopic (exact) mass is 323 g/mol. The second kappa shape index (κ2) is 6.06. The Morgan fingerprint density at radius 1 is 1.21 bits per heavy atom. The van der Waals surface area contributed by atoms with Gasteiger partial charge in [0.1, 0.15) is 11.6 Å². The number of methoxy groups -OCH3 is 1. The van der Waals surface area contributed by atoms with Crippen LogP contribution < -0.4 is 9.64 Å². The lowest BCUT2D eigenvalue weighted by Gasteiger charge is -2.20. The molecule has 0 aliphatic heterocycles. The van der Waals surface area contributed by atoms with Crippen LogP contribution in [0.2, 0.25) is 0 Å². The molecular formula is C15H15BrFNO. The van der Waals surface area contributed by atoms with E-state index in [2.05, 4.69) is 15.9 Å². The Kier molecular flexibility index (Phi) is 4.43. The predicted octanol–water partition coefficient (Wildman–Crippen LogP) is 4.23. The van der Waals surface area contributed by atoms with Gasteiger partial charge in [-0.2, -0.15) is 0 Å². The summed E-state index contributed by atoms with van der Waals surface area (Å²) >= 11 is 3.45. The fourth-order valence-electron chi connectivity index (χ4n) is 1.93. The Morgan fingerprint density at radius 3 is 2.58 bits per heavy atom. The molecule has 0 aliphatic rings. The van der Waals surface area contributed by atoms with Crippen molar-refractivity contribution in [3.63, 3.8) is 0 Å². The lowest BCUT2D eigenvalue weighted by molar-refractivity contribution is 0.412. The van der Waals surface area contributed by atoms with Crippen LogP contribution in [0.1, 0.15) is 5.56 Å². The minimum atomic E-state index is -0.211. The van der Waals surface area contributed by atoms with Crippen molar-refractivity contribution in [1.82, 2.24) is 0 Å². The number of nitrogens with zero attached hydrogens (tertiary/aromatic N) is 1. The van der Waals surface area contributed by atoms with Gasteiger partial charge in [0.25, 0.3) is 0 Å². The summed E-state index contributed by atoms with van der Waals surface area (Å²) in [7, 11) is 3.50. The first-order chi connectivity index (χ1) is 9.11. The second-order valence-corrected chi connectivity index (χ2v) is 5.13. The quantitative estimate of drug-likeness (QED) is 0.834. The van der Waals surface area contributed by atoms with Crippen LogP contribution in [0.25, 0.3) is 0 Å². The minimum Gasteiger partial charge on any atom is -0.496 e. The van der Waals surface area contributed by atoms with Crippen molar-refractivity contribution in [2.24, 2.45) is 0 Å². The zero-order valence-electron chi connectivity index (χ0n) is 10.9. The highest BCUT2D eigenvalue weighted by Gasteiger charge is 2.08. The Labute approximate surface area is 120 Å². The molecule has 0 bridgehead atoms. The van der Waals surface area contributed by atoms with Crippen molar-refractivity contribution in [2.45, 2.75) is 6.54 Å². The lowest BCUT2D eigenvalue weighted by Crippen LogP contribution is -2.17. The zero-order chi connectivity index (χ0) is 13.8. The molecule has 0 aliphatic carbocycles. The van der Waals surface area contributed by atoms with Crippen molar-refractivity contribution < 1.29 is 9.13 Å². The summed E-state index contributed by atoms with van der Waals surface area (Å²) in [4.78, 5) is 1.88. The van der Waals surface area contributed by atoms with Gasteiger partial charge in [0.05, 0.1) is 17.3 Å². The van der Waals surface area contributed by atoms with Crippen LogP contribution in [0, 0.1) is 5.82 Å². The molecule has 0 heterocycles. The molecule has 0 spiro atoms. The first kappa shape index (κ1) is 13.9. The SMILES string of the molecule is COc1ccc(CN(C)c2ccccc2F)cc1Br. The Bertz CT molecular complexity index is 574. The molecule has 0 amide bonds. The number of ether oxygens (including phenoxy) is 1. The van der Waals surface area contributed by atoms with E-state index < -0.39 is 0 Å². The molecule has 2 rings (SSSR count). The second-order valence-electron chi connectivity index (χ2n) is 4.28. The zero-order valence-corrected chi connectivity index (χ0v) is 12.4. The third-order valence-electron chi connectivity index (χ3n) is 2.90. The molecule has 0 radical (unpaired) electrons. The van der Waals surface area contributed by atoms with Gasteiger partial charge in [0, 0.05) is 13.6 Å². The van der Waals surface area contributed by atoms with Gasteiger partial charge in [-0.05, 0) is 45.8 Å². The van der Waals surface area contributed by atoms with Crippen LogP contribution in [-0.2, 0) is 6.54 Å². The molecule has 0 fully saturated rings. The normalized spacial score (nSPS) is 10.3. The fourth-order valence-corrected chi connectivity index (χ4v) is 2.52. The van der Waals surface area contributed by atoms with Gasteiger partial charge in [0.15, 0.2) is 0 Å². The van der Waals surface area contributed by atoms with Crippen molar-refractivity contribution in [3.05, 3.63) is 58.3 Å². The van der Waals surface area contributed by atoms with Crippen molar-refractivity contribution in [3.8, 4) is 5.75 Å². The maximum absolute atomic E-state index is 13.7. The van der Waals surface area contributed by atoms with Gasteiger partial charge in [-0.3, -0.25) is 0 Å². The van der Waals surface area contributed by atoms with Crippen LogP contribution in [0.4, 0.5) is 10.1 Å². The van der Waals surface area contributed by atoms with Gasteiger partial charge in [-0.15, -0.1) is 0 Å². The molecule has 2 nitrogen and oxygen atoms in total. The molecule has 0 atom stereocenters. The molecule has 0 N–H and O–H groups in total. The van der Waals surface area contributed by atoms with E-state index in [-0.39, 0.29) is 5.82 Å². The van der Waals surface area contributed by atoms with Gasteiger partial charge < -0.3 is 9.64 Å². The van der Waals surface area contributed by atoms with E-state index in [4.69, 9.17) is 4.74 Å². The Hall–Kier alpha value is -1.55. The molecule has 0 saturated carbocycles. The minimum absolute atomic E-state index is 0.211. The van der Waals surface area contributed by atoms with E-state index in [0.29, 0.717) is 12.2 Å². The van der Waals surface area contributed by atoms with E-state index in [1.165, 1.54) is 6.07 Å². The lowest BCUT2D eigenvalue weighted by atomic mass is 10.2. The molecule has 19 heavy (non-hydrogen) atoms. The average molecular weight is 324 g/mol. The van der Waals surface area contributed by atoms with Gasteiger partial charge >= 0.3 is 0 Å². The van der Waals surface area contributed by atoms with Crippen molar-refractivity contribution in [1.29, 1.82) is 0 Å². The first-order valence-electron chi connectivity index (χ1n) is 5.90. The number of hydrogen-bond acceptors (Lipinski definition) is 2. The standard InChI is InChI=1S/C15H15BrFNO/c1-18(14-6-4-3-5-13(14)17)10-11-7-8-15(19-2)12(16)9-11/h3-9H,10H2,1-2H3. The molecule has 0 unspecified atom stereocenters. The number of hydrogen-bond donors (Lipinski definition) is 0. The third-order valence-corrected chi connectivity index (χ3v) is 3.52. The molecule has 0 aromatic heterocycles. The number of benzene rings is 2. The van der Waals surface area contributed by atoms with E-state index in [1.54, 1.807) is 19.2 Å². The highest BCUT2D eigenvalue weighted by molar-refractivity contribution is 9.10. The first-order valence-corrected chi connectivity index (χ1v) is 6.69. The van der Waals surface area contributed by atoms with Gasteiger partial charge in [-0.1, -0.05) is 18.2 Å². The van der Waals surface area contributed by atoms with Crippen LogP contribution >= 0.6 is 15.9 Å². The summed E-state index contributed by atoms with van der Waals surface area (Å²) < 4.78 is 19.8. The number of anilines is 1. The van der Waals surface area contributed by atoms with E-state index in [0.717, 1.165) is 15.8 Å². The average Bonchev–Trinajstić information content (AvgIpc) is 2.39. The predicted molar refractivity (Wildman–Crippen MR) is 79.2 cm³/mol. The maximum Gasteiger partial charge on any atom is 0.146 e. The maximum atomic E-state index is 13.7. The molecule has 0 saturated heterocycles. The third kappa shape index (κ3) is 3.26. The Morgan fingerprint density at radius 2 is 1.95 bits per heavy atom. The van der Waals surface area contributed by atoms with E-state index in [1.807, 2.05) is 36.2 Å². The summed E-state index contributed by atoms with van der Waals surface area (Å²) in [5.41, 5.74) is 1.67. The van der Waals surface area contributed by atoms with Crippen LogP contribution in [0.3, 0.4) is 0 Å². The van der Waals surface area contributed by atoms with Gasteiger partial charge in [0.2, 0.25) is 0 Å². The molecule has 4 heteroatoms. The molecule has 100 valence electrons. The van der Waals surface area contributed by atoms with Crippen LogP contribution in [0.15, 0.2) is 46.9 Å². The molecule has 2 aromatic carbocycles. The van der Waals surface area contributed by atoms with Crippen LogP contribution in [-0.4, -0.2) is 14.2 Å². The topological polar surface area (TPSA) is 12.5 Å². The summed E-state index contributed by atoms with van der Waals surface area (Å²) in [5.74, 6) is 0.579. The van der Waals surface area contributed by atoms with Crippen LogP contribution in [0.5, 0.6) is 5.75 Å². The summed E-state index contributed by atoms with van der Waals surface area (Å²) in [5, 5.41) is 0. The smallest absolute Gasteiger partial charge is 0.146 e. The molecular weight excluding hydrogens is 309 g/mol. The van der Waals surface area contributed by atoms with Crippen molar-refractivity contribution >= 4 is 21.6 Å². The van der Waals surface area contributed by atoms with E-state index >= 15 is 0 Å². The van der Waals surface area contributed by atoms with Crippen molar-refractivity contribution in [2.75, 3.05) is 19.1 Å². The summed E-state index contributed by atoms with van der Waals surface area (Å²) in [6.45, 7) is 0.628. The highest BCUT2D eigenvalue weighted by atomic mass is 79.9. The van der Waals surface area contributed by atoms with E-state index in [9.17, 15) is 4.39 Å². The summed E-state index contributed by atoms with van der Waals surface area (Å²) in [6.07, 6.45) is 0. The largest absolute Gasteiger partial charge is 0.496 e. The number of para-hydroxylation sites is 1. The summed E-state index contributed by atoms with van der Waals surface area (Å²) in [6, 6.07) is 12.6.